The second kappa shape index (κ2) is 7.65. The molecule has 0 bridgehead atoms. The maximum Gasteiger partial charge on any atom is 0.336 e. The predicted molar refractivity (Wildman–Crippen MR) is 94.9 cm³/mol. The predicted octanol–water partition coefficient (Wildman–Crippen LogP) is 2.11. The summed E-state index contributed by atoms with van der Waals surface area (Å²) in [5, 5.41) is 0.595. The van der Waals surface area contributed by atoms with E-state index in [9.17, 15) is 13.2 Å². The van der Waals surface area contributed by atoms with Crippen LogP contribution in [0.2, 0.25) is 0 Å². The Kier molecular flexibility index (Phi) is 6.03. The second-order valence-electron chi connectivity index (χ2n) is 5.80. The summed E-state index contributed by atoms with van der Waals surface area (Å²) in [7, 11) is -3.58. The third kappa shape index (κ3) is 3.64. The minimum Gasteiger partial charge on any atom is -0.423 e. The van der Waals surface area contributed by atoms with Crippen LogP contribution in [0.15, 0.2) is 44.4 Å². The fourth-order valence-electron chi connectivity index (χ4n) is 3.12. The first-order chi connectivity index (χ1) is 11.0. The molecule has 1 saturated heterocycles. The van der Waals surface area contributed by atoms with E-state index in [1.807, 2.05) is 0 Å². The van der Waals surface area contributed by atoms with Gasteiger partial charge in [0.2, 0.25) is 10.0 Å². The lowest BCUT2D eigenvalue weighted by Gasteiger charge is -2.34. The number of nitrogens with two attached hydrogens (primary N) is 1. The molecule has 132 valence electrons. The van der Waals surface area contributed by atoms with Crippen molar-refractivity contribution >= 4 is 33.4 Å². The van der Waals surface area contributed by atoms with Gasteiger partial charge in [0.25, 0.3) is 0 Å². The van der Waals surface area contributed by atoms with Crippen LogP contribution in [0.5, 0.6) is 0 Å². The molecule has 1 aromatic heterocycles. The molecule has 0 spiro atoms. The van der Waals surface area contributed by atoms with Crippen molar-refractivity contribution in [3.8, 4) is 0 Å². The third-order valence-corrected chi connectivity index (χ3v) is 6.22. The summed E-state index contributed by atoms with van der Waals surface area (Å²) < 4.78 is 32.6. The topological polar surface area (TPSA) is 93.6 Å². The van der Waals surface area contributed by atoms with Crippen LogP contribution in [0.25, 0.3) is 11.0 Å². The monoisotopic (exact) mass is 372 g/mol. The largest absolute Gasteiger partial charge is 0.423 e. The molecule has 6 nitrogen and oxygen atoms in total. The van der Waals surface area contributed by atoms with E-state index in [2.05, 4.69) is 0 Å². The molecule has 0 saturated carbocycles. The number of fused-ring (bicyclic) bond motifs is 1. The van der Waals surface area contributed by atoms with Crippen molar-refractivity contribution in [3.05, 3.63) is 40.8 Å². The van der Waals surface area contributed by atoms with E-state index in [-0.39, 0.29) is 23.3 Å². The number of nitrogens with zero attached hydrogens (tertiary/aromatic N) is 1. The lowest BCUT2D eigenvalue weighted by molar-refractivity contribution is 0.243. The molecule has 0 radical (unpaired) electrons. The van der Waals surface area contributed by atoms with Crippen molar-refractivity contribution < 1.29 is 12.8 Å². The molecule has 24 heavy (non-hydrogen) atoms. The van der Waals surface area contributed by atoms with Crippen LogP contribution < -0.4 is 11.4 Å². The Bertz CT molecular complexity index is 864. The molecule has 2 N–H and O–H groups in total. The van der Waals surface area contributed by atoms with Gasteiger partial charge in [-0.3, -0.25) is 0 Å². The van der Waals surface area contributed by atoms with Crippen molar-refractivity contribution in [2.24, 2.45) is 5.73 Å². The van der Waals surface area contributed by atoms with Gasteiger partial charge in [-0.2, -0.15) is 4.31 Å². The first kappa shape index (κ1) is 18.9. The molecule has 2 aromatic rings. The molecule has 1 aliphatic heterocycles. The number of sulfonamides is 1. The van der Waals surface area contributed by atoms with Crippen molar-refractivity contribution in [2.45, 2.75) is 36.6 Å². The summed E-state index contributed by atoms with van der Waals surface area (Å²) >= 11 is 0. The molecule has 1 fully saturated rings. The molecule has 8 heteroatoms. The molecule has 1 unspecified atom stereocenters. The molecule has 1 atom stereocenters. The summed E-state index contributed by atoms with van der Waals surface area (Å²) in [4.78, 5) is 11.4. The van der Waals surface area contributed by atoms with Gasteiger partial charge in [-0.25, -0.2) is 13.2 Å². The average molecular weight is 373 g/mol. The van der Waals surface area contributed by atoms with Gasteiger partial charge in [-0.15, -0.1) is 12.4 Å². The molecular formula is C16H21ClN2O4S. The van der Waals surface area contributed by atoms with E-state index in [1.165, 1.54) is 18.2 Å². The smallest absolute Gasteiger partial charge is 0.336 e. The zero-order chi connectivity index (χ0) is 16.4. The summed E-state index contributed by atoms with van der Waals surface area (Å²) in [5.41, 5.74) is 5.56. The Hall–Kier alpha value is -1.41. The molecule has 1 aromatic carbocycles. The summed E-state index contributed by atoms with van der Waals surface area (Å²) in [6.07, 6.45) is 3.41. The standard InChI is InChI=1S/C16H20N2O4S.ClH/c17-9-8-13-3-1-2-10-18(13)23(20,21)14-5-6-15-12(11-14)4-7-16(19)22-15;/h4-7,11,13H,1-3,8-10,17H2;1H. The number of benzene rings is 1. The number of piperidine rings is 1. The summed E-state index contributed by atoms with van der Waals surface area (Å²) in [5.74, 6) is 0. The van der Waals surface area contributed by atoms with Crippen LogP contribution in [0, 0.1) is 0 Å². The van der Waals surface area contributed by atoms with E-state index in [0.717, 1.165) is 19.3 Å². The van der Waals surface area contributed by atoms with E-state index < -0.39 is 15.6 Å². The molecule has 1 aliphatic rings. The highest BCUT2D eigenvalue weighted by Crippen LogP contribution is 2.28. The van der Waals surface area contributed by atoms with Gasteiger partial charge in [0.15, 0.2) is 0 Å². The van der Waals surface area contributed by atoms with Crippen LogP contribution in [-0.4, -0.2) is 31.9 Å². The normalized spacial score (nSPS) is 19.1. The second-order valence-corrected chi connectivity index (χ2v) is 7.69. The molecular weight excluding hydrogens is 352 g/mol. The number of halogens is 1. The van der Waals surface area contributed by atoms with Crippen molar-refractivity contribution in [1.82, 2.24) is 4.31 Å². The summed E-state index contributed by atoms with van der Waals surface area (Å²) in [6.45, 7) is 0.995. The first-order valence-electron chi connectivity index (χ1n) is 7.78. The van der Waals surface area contributed by atoms with Gasteiger partial charge in [0, 0.05) is 24.0 Å². The van der Waals surface area contributed by atoms with Crippen molar-refractivity contribution in [2.75, 3.05) is 13.1 Å². The molecule has 0 amide bonds. The maximum absolute atomic E-state index is 13.0. The average Bonchev–Trinajstić information content (AvgIpc) is 2.55. The van der Waals surface area contributed by atoms with E-state index in [4.69, 9.17) is 10.2 Å². The minimum atomic E-state index is -3.58. The number of hydrogen-bond acceptors (Lipinski definition) is 5. The van der Waals surface area contributed by atoms with Gasteiger partial charge in [0.05, 0.1) is 4.90 Å². The zero-order valence-corrected chi connectivity index (χ0v) is 14.8. The van der Waals surface area contributed by atoms with Gasteiger partial charge < -0.3 is 10.2 Å². The molecule has 2 heterocycles. The Morgan fingerprint density at radius 2 is 2.00 bits per heavy atom. The van der Waals surface area contributed by atoms with Crippen LogP contribution in [0.3, 0.4) is 0 Å². The third-order valence-electron chi connectivity index (χ3n) is 4.27. The molecule has 3 rings (SSSR count). The van der Waals surface area contributed by atoms with E-state index >= 15 is 0 Å². The van der Waals surface area contributed by atoms with Gasteiger partial charge >= 0.3 is 5.63 Å². The Morgan fingerprint density at radius 1 is 1.21 bits per heavy atom. The lowest BCUT2D eigenvalue weighted by atomic mass is 10.0. The fourth-order valence-corrected chi connectivity index (χ4v) is 4.88. The zero-order valence-electron chi connectivity index (χ0n) is 13.2. The van der Waals surface area contributed by atoms with Gasteiger partial charge in [-0.1, -0.05) is 6.42 Å². The van der Waals surface area contributed by atoms with Crippen LogP contribution >= 0.6 is 12.4 Å². The Balaban J connectivity index is 0.00000208. The highest BCUT2D eigenvalue weighted by atomic mass is 35.5. The fraction of sp³-hybridized carbons (Fsp3) is 0.438. The quantitative estimate of drug-likeness (QED) is 0.829. The highest BCUT2D eigenvalue weighted by Gasteiger charge is 2.33. The number of hydrogen-bond donors (Lipinski definition) is 1. The van der Waals surface area contributed by atoms with Gasteiger partial charge in [0.1, 0.15) is 5.58 Å². The van der Waals surface area contributed by atoms with Crippen molar-refractivity contribution in [3.63, 3.8) is 0 Å². The van der Waals surface area contributed by atoms with Crippen LogP contribution in [0.1, 0.15) is 25.7 Å². The Labute approximate surface area is 147 Å². The SMILES string of the molecule is Cl.NCCC1CCCCN1S(=O)(=O)c1ccc2oc(=O)ccc2c1. The van der Waals surface area contributed by atoms with E-state index in [1.54, 1.807) is 16.4 Å². The van der Waals surface area contributed by atoms with Gasteiger partial charge in [-0.05, 0) is 50.1 Å². The van der Waals surface area contributed by atoms with Crippen LogP contribution in [-0.2, 0) is 10.0 Å². The maximum atomic E-state index is 13.0. The van der Waals surface area contributed by atoms with Crippen LogP contribution in [0.4, 0.5) is 0 Å². The lowest BCUT2D eigenvalue weighted by Crippen LogP contribution is -2.44. The molecule has 0 aliphatic carbocycles. The minimum absolute atomic E-state index is 0. The summed E-state index contributed by atoms with van der Waals surface area (Å²) in [6, 6.07) is 7.41. The van der Waals surface area contributed by atoms with E-state index in [0.29, 0.717) is 30.5 Å². The van der Waals surface area contributed by atoms with Crippen molar-refractivity contribution in [1.29, 1.82) is 0 Å². The highest BCUT2D eigenvalue weighted by molar-refractivity contribution is 7.89. The number of rotatable bonds is 4. The Morgan fingerprint density at radius 3 is 2.75 bits per heavy atom. The first-order valence-corrected chi connectivity index (χ1v) is 9.22.